The van der Waals surface area contributed by atoms with Crippen LogP contribution in [0, 0.1) is 0 Å². The molecular weight excluding hydrogens is 372 g/mol. The number of hydrazone groups is 1. The van der Waals surface area contributed by atoms with Crippen LogP contribution in [0.15, 0.2) is 59.7 Å². The van der Waals surface area contributed by atoms with E-state index in [0.717, 1.165) is 29.7 Å². The van der Waals surface area contributed by atoms with Gasteiger partial charge in [0.2, 0.25) is 5.91 Å². The standard InChI is InChI=1S/C26H36N2O2/c1-2-3-4-5-6-7-8-9-13-16-26(29)28-27-21-23-17-19-25(20-18-23)30-22-24-14-11-10-12-15-24/h10-12,14-15,17-21H,2-9,13,16,22H2,1H3,(H,28,29). The van der Waals surface area contributed by atoms with Crippen LogP contribution in [0.1, 0.15) is 82.3 Å². The van der Waals surface area contributed by atoms with Crippen LogP contribution in [0.3, 0.4) is 0 Å². The Labute approximate surface area is 181 Å². The van der Waals surface area contributed by atoms with Crippen LogP contribution in [0.5, 0.6) is 5.75 Å². The van der Waals surface area contributed by atoms with Crippen LogP contribution in [-0.2, 0) is 11.4 Å². The van der Waals surface area contributed by atoms with Crippen molar-refractivity contribution in [3.63, 3.8) is 0 Å². The molecule has 0 aliphatic carbocycles. The number of rotatable bonds is 15. The average Bonchev–Trinajstić information content (AvgIpc) is 2.78. The summed E-state index contributed by atoms with van der Waals surface area (Å²) in [5.41, 5.74) is 4.68. The number of nitrogens with one attached hydrogen (secondary N) is 1. The van der Waals surface area contributed by atoms with Gasteiger partial charge >= 0.3 is 0 Å². The van der Waals surface area contributed by atoms with Crippen LogP contribution >= 0.6 is 0 Å². The molecule has 0 spiro atoms. The maximum atomic E-state index is 11.9. The summed E-state index contributed by atoms with van der Waals surface area (Å²) in [6, 6.07) is 17.8. The van der Waals surface area contributed by atoms with E-state index in [1.165, 1.54) is 44.9 Å². The summed E-state index contributed by atoms with van der Waals surface area (Å²) in [4.78, 5) is 11.9. The number of unbranched alkanes of at least 4 members (excludes halogenated alkanes) is 8. The number of ether oxygens (including phenoxy) is 1. The second-order valence-electron chi connectivity index (χ2n) is 7.71. The van der Waals surface area contributed by atoms with E-state index in [1.807, 2.05) is 54.6 Å². The summed E-state index contributed by atoms with van der Waals surface area (Å²) in [6.07, 6.45) is 13.5. The zero-order chi connectivity index (χ0) is 21.3. The first-order valence-corrected chi connectivity index (χ1v) is 11.4. The Morgan fingerprint density at radius 2 is 1.50 bits per heavy atom. The number of benzene rings is 2. The molecule has 0 fully saturated rings. The maximum absolute atomic E-state index is 11.9. The van der Waals surface area contributed by atoms with Crippen LogP contribution < -0.4 is 10.2 Å². The number of nitrogens with zero attached hydrogens (tertiary/aromatic N) is 1. The van der Waals surface area contributed by atoms with Crippen molar-refractivity contribution in [2.24, 2.45) is 5.10 Å². The summed E-state index contributed by atoms with van der Waals surface area (Å²) in [5.74, 6) is 0.794. The van der Waals surface area contributed by atoms with E-state index >= 15 is 0 Å². The number of carbonyl (C=O) groups is 1. The van der Waals surface area contributed by atoms with E-state index in [-0.39, 0.29) is 5.91 Å². The molecule has 0 aliphatic rings. The first kappa shape index (κ1) is 23.7. The molecule has 30 heavy (non-hydrogen) atoms. The lowest BCUT2D eigenvalue weighted by molar-refractivity contribution is -0.121. The van der Waals surface area contributed by atoms with Gasteiger partial charge in [0.25, 0.3) is 0 Å². The van der Waals surface area contributed by atoms with Gasteiger partial charge < -0.3 is 4.74 Å². The lowest BCUT2D eigenvalue weighted by Crippen LogP contribution is -2.16. The SMILES string of the molecule is CCCCCCCCCCCC(=O)NN=Cc1ccc(OCc2ccccc2)cc1. The molecule has 2 aromatic rings. The smallest absolute Gasteiger partial charge is 0.240 e. The molecule has 1 N–H and O–H groups in total. The summed E-state index contributed by atoms with van der Waals surface area (Å²) < 4.78 is 5.77. The third kappa shape index (κ3) is 10.8. The van der Waals surface area contributed by atoms with Crippen LogP contribution in [0.25, 0.3) is 0 Å². The van der Waals surface area contributed by atoms with Crippen molar-refractivity contribution in [2.75, 3.05) is 0 Å². The zero-order valence-electron chi connectivity index (χ0n) is 18.3. The van der Waals surface area contributed by atoms with Crippen molar-refractivity contribution in [3.8, 4) is 5.75 Å². The van der Waals surface area contributed by atoms with Gasteiger partial charge in [0.05, 0.1) is 6.21 Å². The zero-order valence-corrected chi connectivity index (χ0v) is 18.3. The lowest BCUT2D eigenvalue weighted by Gasteiger charge is -2.06. The molecule has 162 valence electrons. The molecule has 0 aromatic heterocycles. The molecule has 0 heterocycles. The molecule has 1 amide bonds. The third-order valence-electron chi connectivity index (χ3n) is 5.04. The molecule has 0 radical (unpaired) electrons. The molecule has 4 nitrogen and oxygen atoms in total. The highest BCUT2D eigenvalue weighted by Crippen LogP contribution is 2.13. The van der Waals surface area contributed by atoms with Gasteiger partial charge in [-0.05, 0) is 41.8 Å². The van der Waals surface area contributed by atoms with Crippen molar-refractivity contribution in [1.29, 1.82) is 0 Å². The maximum Gasteiger partial charge on any atom is 0.240 e. The number of carbonyl (C=O) groups excluding carboxylic acids is 1. The topological polar surface area (TPSA) is 50.7 Å². The molecule has 0 saturated carbocycles. The van der Waals surface area contributed by atoms with Gasteiger partial charge in [-0.3, -0.25) is 4.79 Å². The van der Waals surface area contributed by atoms with Crippen molar-refractivity contribution < 1.29 is 9.53 Å². The molecule has 0 bridgehead atoms. The normalized spacial score (nSPS) is 11.0. The second kappa shape index (κ2) is 15.3. The molecule has 0 saturated heterocycles. The summed E-state index contributed by atoms with van der Waals surface area (Å²) in [7, 11) is 0. The second-order valence-corrected chi connectivity index (χ2v) is 7.71. The van der Waals surface area contributed by atoms with Gasteiger partial charge in [-0.15, -0.1) is 0 Å². The van der Waals surface area contributed by atoms with Crippen LogP contribution in [-0.4, -0.2) is 12.1 Å². The average molecular weight is 409 g/mol. The number of hydrogen-bond acceptors (Lipinski definition) is 3. The minimum absolute atomic E-state index is 0.0167. The van der Waals surface area contributed by atoms with Crippen LogP contribution in [0.4, 0.5) is 0 Å². The quantitative estimate of drug-likeness (QED) is 0.204. The van der Waals surface area contributed by atoms with Gasteiger partial charge in [0.1, 0.15) is 12.4 Å². The Hall–Kier alpha value is -2.62. The highest BCUT2D eigenvalue weighted by molar-refractivity contribution is 5.82. The van der Waals surface area contributed by atoms with Crippen molar-refractivity contribution in [3.05, 3.63) is 65.7 Å². The molecule has 0 atom stereocenters. The van der Waals surface area contributed by atoms with Crippen molar-refractivity contribution in [1.82, 2.24) is 5.43 Å². The minimum atomic E-state index is -0.0167. The number of amides is 1. The minimum Gasteiger partial charge on any atom is -0.489 e. The predicted octanol–water partition coefficient (Wildman–Crippen LogP) is 6.64. The largest absolute Gasteiger partial charge is 0.489 e. The van der Waals surface area contributed by atoms with Gasteiger partial charge in [-0.2, -0.15) is 5.10 Å². The Morgan fingerprint density at radius 3 is 2.17 bits per heavy atom. The van der Waals surface area contributed by atoms with Crippen molar-refractivity contribution >= 4 is 12.1 Å². The molecule has 0 aliphatic heterocycles. The fourth-order valence-electron chi connectivity index (χ4n) is 3.22. The molecule has 2 aromatic carbocycles. The summed E-state index contributed by atoms with van der Waals surface area (Å²) in [6.45, 7) is 2.79. The van der Waals surface area contributed by atoms with Crippen molar-refractivity contribution in [2.45, 2.75) is 77.7 Å². The Kier molecular flexibility index (Phi) is 12.0. The highest BCUT2D eigenvalue weighted by Gasteiger charge is 2.00. The highest BCUT2D eigenvalue weighted by atomic mass is 16.5. The number of hydrogen-bond donors (Lipinski definition) is 1. The first-order valence-electron chi connectivity index (χ1n) is 11.4. The molecule has 0 unspecified atom stereocenters. The fourth-order valence-corrected chi connectivity index (χ4v) is 3.22. The van der Waals surface area contributed by atoms with E-state index in [1.54, 1.807) is 6.21 Å². The van der Waals surface area contributed by atoms with E-state index in [4.69, 9.17) is 4.74 Å². The monoisotopic (exact) mass is 408 g/mol. The third-order valence-corrected chi connectivity index (χ3v) is 5.04. The van der Waals surface area contributed by atoms with E-state index in [2.05, 4.69) is 17.5 Å². The van der Waals surface area contributed by atoms with Gasteiger partial charge in [-0.25, -0.2) is 5.43 Å². The lowest BCUT2D eigenvalue weighted by atomic mass is 10.1. The fraction of sp³-hybridized carbons (Fsp3) is 0.462. The van der Waals surface area contributed by atoms with Gasteiger partial charge in [-0.1, -0.05) is 88.6 Å². The van der Waals surface area contributed by atoms with Gasteiger partial charge in [0, 0.05) is 6.42 Å². The Balaban J connectivity index is 1.54. The van der Waals surface area contributed by atoms with Gasteiger partial charge in [0.15, 0.2) is 0 Å². The van der Waals surface area contributed by atoms with E-state index in [9.17, 15) is 4.79 Å². The Morgan fingerprint density at radius 1 is 0.867 bits per heavy atom. The molecule has 4 heteroatoms. The van der Waals surface area contributed by atoms with Crippen LogP contribution in [0.2, 0.25) is 0 Å². The molecular formula is C26H36N2O2. The van der Waals surface area contributed by atoms with E-state index in [0.29, 0.717) is 13.0 Å². The predicted molar refractivity (Wildman–Crippen MR) is 125 cm³/mol. The summed E-state index contributed by atoms with van der Waals surface area (Å²) >= 11 is 0. The Bertz CT molecular complexity index is 726. The summed E-state index contributed by atoms with van der Waals surface area (Å²) in [5, 5.41) is 4.06. The first-order chi connectivity index (χ1) is 14.8. The molecule has 2 rings (SSSR count). The van der Waals surface area contributed by atoms with E-state index < -0.39 is 0 Å².